The summed E-state index contributed by atoms with van der Waals surface area (Å²) in [5.41, 5.74) is -0.448. The predicted molar refractivity (Wildman–Crippen MR) is 46.1 cm³/mol. The maximum atomic E-state index is 12.2. The summed E-state index contributed by atoms with van der Waals surface area (Å²) < 4.78 is 24.7. The van der Waals surface area contributed by atoms with Gasteiger partial charge in [-0.05, 0) is 18.2 Å². The Morgan fingerprint density at radius 1 is 1.38 bits per heavy atom. The van der Waals surface area contributed by atoms with Crippen LogP contribution in [0.15, 0.2) is 22.7 Å². The van der Waals surface area contributed by atoms with Gasteiger partial charge in [0.15, 0.2) is 0 Å². The number of halogens is 3. The van der Waals surface area contributed by atoms with E-state index in [2.05, 4.69) is 15.9 Å². The van der Waals surface area contributed by atoms with Crippen molar-refractivity contribution in [3.05, 3.63) is 33.8 Å². The molecule has 0 heterocycles. The van der Waals surface area contributed by atoms with E-state index in [1.165, 1.54) is 12.1 Å². The number of aromatic carboxylic acids is 1. The second-order valence-electron chi connectivity index (χ2n) is 2.38. The molecule has 0 aromatic heterocycles. The predicted octanol–water partition coefficient (Wildman–Crippen LogP) is 3.08. The maximum Gasteiger partial charge on any atom is 0.335 e. The van der Waals surface area contributed by atoms with Crippen LogP contribution < -0.4 is 0 Å². The second-order valence-corrected chi connectivity index (χ2v) is 3.29. The van der Waals surface area contributed by atoms with Crippen molar-refractivity contribution in [1.29, 1.82) is 0 Å². The van der Waals surface area contributed by atoms with Crippen molar-refractivity contribution in [3.63, 3.8) is 0 Å². The molecular formula is C8H5BrF2O2. The summed E-state index contributed by atoms with van der Waals surface area (Å²) in [5, 5.41) is 8.55. The van der Waals surface area contributed by atoms with E-state index in [-0.39, 0.29) is 11.1 Å². The van der Waals surface area contributed by atoms with Crippen LogP contribution in [0.25, 0.3) is 0 Å². The van der Waals surface area contributed by atoms with E-state index >= 15 is 0 Å². The molecule has 1 aromatic carbocycles. The third kappa shape index (κ3) is 2.48. The SMILES string of the molecule is O=C(O)c1cc(Br)cc(C(F)F)c1. The molecule has 0 spiro atoms. The summed E-state index contributed by atoms with van der Waals surface area (Å²) in [6.45, 7) is 0. The Morgan fingerprint density at radius 2 is 2.00 bits per heavy atom. The molecular weight excluding hydrogens is 246 g/mol. The van der Waals surface area contributed by atoms with Gasteiger partial charge in [0.1, 0.15) is 0 Å². The van der Waals surface area contributed by atoms with E-state index in [1.807, 2.05) is 0 Å². The minimum Gasteiger partial charge on any atom is -0.478 e. The Bertz CT molecular complexity index is 339. The van der Waals surface area contributed by atoms with Gasteiger partial charge in [0.25, 0.3) is 6.43 Å². The van der Waals surface area contributed by atoms with Crippen molar-refractivity contribution in [1.82, 2.24) is 0 Å². The van der Waals surface area contributed by atoms with Gasteiger partial charge in [0.05, 0.1) is 5.56 Å². The Balaban J connectivity index is 3.19. The molecule has 0 radical (unpaired) electrons. The first-order valence-electron chi connectivity index (χ1n) is 3.32. The van der Waals surface area contributed by atoms with Crippen LogP contribution in [-0.2, 0) is 0 Å². The smallest absolute Gasteiger partial charge is 0.335 e. The number of hydrogen-bond acceptors (Lipinski definition) is 1. The van der Waals surface area contributed by atoms with Gasteiger partial charge >= 0.3 is 5.97 Å². The van der Waals surface area contributed by atoms with E-state index in [1.54, 1.807) is 0 Å². The van der Waals surface area contributed by atoms with Crippen LogP contribution >= 0.6 is 15.9 Å². The van der Waals surface area contributed by atoms with E-state index < -0.39 is 12.4 Å². The minimum atomic E-state index is -2.66. The summed E-state index contributed by atoms with van der Waals surface area (Å²) in [6.07, 6.45) is -2.66. The average Bonchev–Trinajstić information content (AvgIpc) is 2.03. The normalized spacial score (nSPS) is 10.5. The van der Waals surface area contributed by atoms with Crippen molar-refractivity contribution in [3.8, 4) is 0 Å². The maximum absolute atomic E-state index is 12.2. The lowest BCUT2D eigenvalue weighted by Gasteiger charge is -2.02. The molecule has 0 fully saturated rings. The molecule has 0 bridgehead atoms. The van der Waals surface area contributed by atoms with Crippen LogP contribution in [0.3, 0.4) is 0 Å². The topological polar surface area (TPSA) is 37.3 Å². The number of carboxylic acids is 1. The Kier molecular flexibility index (Phi) is 2.98. The highest BCUT2D eigenvalue weighted by Gasteiger charge is 2.12. The molecule has 0 saturated heterocycles. The number of alkyl halides is 2. The second kappa shape index (κ2) is 3.83. The number of carbonyl (C=O) groups is 1. The molecule has 0 saturated carbocycles. The fraction of sp³-hybridized carbons (Fsp3) is 0.125. The van der Waals surface area contributed by atoms with Gasteiger partial charge in [-0.25, -0.2) is 13.6 Å². The monoisotopic (exact) mass is 250 g/mol. The Hall–Kier alpha value is -0.970. The Morgan fingerprint density at radius 3 is 2.46 bits per heavy atom. The van der Waals surface area contributed by atoms with Gasteiger partial charge in [-0.2, -0.15) is 0 Å². The lowest BCUT2D eigenvalue weighted by molar-refractivity contribution is 0.0696. The third-order valence-corrected chi connectivity index (χ3v) is 1.88. The molecule has 0 amide bonds. The fourth-order valence-electron chi connectivity index (χ4n) is 0.862. The zero-order valence-electron chi connectivity index (χ0n) is 6.30. The lowest BCUT2D eigenvalue weighted by atomic mass is 10.1. The third-order valence-electron chi connectivity index (χ3n) is 1.42. The Labute approximate surface area is 81.3 Å². The molecule has 0 atom stereocenters. The van der Waals surface area contributed by atoms with Crippen molar-refractivity contribution >= 4 is 21.9 Å². The molecule has 0 aliphatic rings. The number of benzene rings is 1. The van der Waals surface area contributed by atoms with Crippen molar-refractivity contribution in [2.75, 3.05) is 0 Å². The summed E-state index contributed by atoms with van der Waals surface area (Å²) >= 11 is 2.95. The van der Waals surface area contributed by atoms with Crippen molar-refractivity contribution < 1.29 is 18.7 Å². The fourth-order valence-corrected chi connectivity index (χ4v) is 1.37. The van der Waals surface area contributed by atoms with Crippen LogP contribution in [0, 0.1) is 0 Å². The summed E-state index contributed by atoms with van der Waals surface area (Å²) in [7, 11) is 0. The first kappa shape index (κ1) is 10.1. The molecule has 1 aromatic rings. The molecule has 5 heteroatoms. The number of hydrogen-bond donors (Lipinski definition) is 1. The average molecular weight is 251 g/mol. The van der Waals surface area contributed by atoms with Crippen molar-refractivity contribution in [2.45, 2.75) is 6.43 Å². The van der Waals surface area contributed by atoms with Gasteiger partial charge in [0, 0.05) is 10.0 Å². The molecule has 0 aliphatic carbocycles. The molecule has 0 unspecified atom stereocenters. The quantitative estimate of drug-likeness (QED) is 0.876. The van der Waals surface area contributed by atoms with E-state index in [0.717, 1.165) is 6.07 Å². The highest BCUT2D eigenvalue weighted by Crippen LogP contribution is 2.24. The minimum absolute atomic E-state index is 0.148. The highest BCUT2D eigenvalue weighted by atomic mass is 79.9. The van der Waals surface area contributed by atoms with E-state index in [4.69, 9.17) is 5.11 Å². The standard InChI is InChI=1S/C8H5BrF2O2/c9-6-2-4(7(10)11)1-5(3-6)8(12)13/h1-3,7H,(H,12,13). The van der Waals surface area contributed by atoms with Crippen LogP contribution in [0.5, 0.6) is 0 Å². The highest BCUT2D eigenvalue weighted by molar-refractivity contribution is 9.10. The van der Waals surface area contributed by atoms with Gasteiger partial charge in [-0.3, -0.25) is 0 Å². The largest absolute Gasteiger partial charge is 0.478 e. The van der Waals surface area contributed by atoms with Crippen LogP contribution in [-0.4, -0.2) is 11.1 Å². The van der Waals surface area contributed by atoms with Gasteiger partial charge < -0.3 is 5.11 Å². The number of carboxylic acid groups (broad SMARTS) is 1. The van der Waals surface area contributed by atoms with Gasteiger partial charge in [0.2, 0.25) is 0 Å². The molecule has 1 N–H and O–H groups in total. The summed E-state index contributed by atoms with van der Waals surface area (Å²) in [6, 6.07) is 3.42. The molecule has 13 heavy (non-hydrogen) atoms. The van der Waals surface area contributed by atoms with Gasteiger partial charge in [-0.1, -0.05) is 15.9 Å². The summed E-state index contributed by atoms with van der Waals surface area (Å²) in [5.74, 6) is -1.22. The first-order valence-corrected chi connectivity index (χ1v) is 4.12. The first-order chi connectivity index (χ1) is 6.00. The molecule has 0 aliphatic heterocycles. The zero-order valence-corrected chi connectivity index (χ0v) is 7.88. The van der Waals surface area contributed by atoms with Crippen LogP contribution in [0.1, 0.15) is 22.3 Å². The van der Waals surface area contributed by atoms with Gasteiger partial charge in [-0.15, -0.1) is 0 Å². The van der Waals surface area contributed by atoms with E-state index in [0.29, 0.717) is 4.47 Å². The van der Waals surface area contributed by atoms with Crippen molar-refractivity contribution in [2.24, 2.45) is 0 Å². The zero-order chi connectivity index (χ0) is 10.0. The van der Waals surface area contributed by atoms with Crippen LogP contribution in [0.4, 0.5) is 8.78 Å². The number of rotatable bonds is 2. The summed E-state index contributed by atoms with van der Waals surface area (Å²) in [4.78, 5) is 10.5. The van der Waals surface area contributed by atoms with E-state index in [9.17, 15) is 13.6 Å². The molecule has 1 rings (SSSR count). The molecule has 2 nitrogen and oxygen atoms in total. The lowest BCUT2D eigenvalue weighted by Crippen LogP contribution is -1.98. The molecule has 70 valence electrons. The van der Waals surface area contributed by atoms with Crippen LogP contribution in [0.2, 0.25) is 0 Å².